The summed E-state index contributed by atoms with van der Waals surface area (Å²) in [4.78, 5) is 4.11. The molecule has 1 N–H and O–H groups in total. The Kier molecular flexibility index (Phi) is 1.80. The highest BCUT2D eigenvalue weighted by molar-refractivity contribution is 5.22. The van der Waals surface area contributed by atoms with Gasteiger partial charge in [0.1, 0.15) is 0 Å². The van der Waals surface area contributed by atoms with Gasteiger partial charge in [-0.05, 0) is 13.8 Å². The lowest BCUT2D eigenvalue weighted by molar-refractivity contribution is 0.901. The largest absolute Gasteiger partial charge is 0.356 e. The lowest BCUT2D eigenvalue weighted by atomic mass is 10.4. The van der Waals surface area contributed by atoms with Crippen molar-refractivity contribution in [2.45, 2.75) is 13.8 Å². The van der Waals surface area contributed by atoms with Gasteiger partial charge in [0.15, 0.2) is 0 Å². The van der Waals surface area contributed by atoms with Gasteiger partial charge < -0.3 is 5.32 Å². The van der Waals surface area contributed by atoms with Gasteiger partial charge in [-0.2, -0.15) is 5.10 Å². The third-order valence-corrected chi connectivity index (χ3v) is 1.32. The van der Waals surface area contributed by atoms with Crippen molar-refractivity contribution in [1.82, 2.24) is 15.2 Å². The molecule has 0 aromatic carbocycles. The van der Waals surface area contributed by atoms with Crippen molar-refractivity contribution >= 4 is 5.95 Å². The molecule has 4 nitrogen and oxygen atoms in total. The molecule has 0 aliphatic carbocycles. The highest BCUT2D eigenvalue weighted by Crippen LogP contribution is 1.99. The quantitative estimate of drug-likeness (QED) is 0.615. The second-order valence-corrected chi connectivity index (χ2v) is 2.06. The van der Waals surface area contributed by atoms with Crippen LogP contribution >= 0.6 is 0 Å². The molecule has 4 heteroatoms. The van der Waals surface area contributed by atoms with Crippen LogP contribution in [0.5, 0.6) is 0 Å². The van der Waals surface area contributed by atoms with Crippen LogP contribution in [0.15, 0.2) is 0 Å². The van der Waals surface area contributed by atoms with Crippen molar-refractivity contribution in [3.05, 3.63) is 11.4 Å². The molecule has 0 aliphatic rings. The van der Waals surface area contributed by atoms with E-state index in [1.807, 2.05) is 13.8 Å². The zero-order valence-electron chi connectivity index (χ0n) is 6.34. The molecule has 0 spiro atoms. The maximum Gasteiger partial charge on any atom is 0.242 e. The molecule has 0 unspecified atom stereocenters. The van der Waals surface area contributed by atoms with Crippen molar-refractivity contribution in [2.24, 2.45) is 0 Å². The standard InChI is InChI=1S/C6H10N4/c1-4-5(2)9-10-6(7-3)8-4/h1-3H3,(H,7,8,10). The Hall–Kier alpha value is -1.19. The van der Waals surface area contributed by atoms with E-state index < -0.39 is 0 Å². The minimum Gasteiger partial charge on any atom is -0.356 e. The zero-order chi connectivity index (χ0) is 7.56. The number of nitrogens with zero attached hydrogens (tertiary/aromatic N) is 3. The monoisotopic (exact) mass is 138 g/mol. The first-order valence-corrected chi connectivity index (χ1v) is 3.09. The van der Waals surface area contributed by atoms with Crippen molar-refractivity contribution in [3.8, 4) is 0 Å². The number of hydrogen-bond acceptors (Lipinski definition) is 4. The van der Waals surface area contributed by atoms with Gasteiger partial charge in [-0.3, -0.25) is 0 Å². The lowest BCUT2D eigenvalue weighted by Gasteiger charge is -1.98. The smallest absolute Gasteiger partial charge is 0.242 e. The molecule has 1 aromatic heterocycles. The first-order valence-electron chi connectivity index (χ1n) is 3.09. The van der Waals surface area contributed by atoms with Crippen LogP contribution in [0.25, 0.3) is 0 Å². The average molecular weight is 138 g/mol. The Morgan fingerprint density at radius 3 is 2.30 bits per heavy atom. The molecule has 1 aromatic rings. The molecule has 0 bridgehead atoms. The average Bonchev–Trinajstić information content (AvgIpc) is 1.95. The summed E-state index contributed by atoms with van der Waals surface area (Å²) in [7, 11) is 1.77. The van der Waals surface area contributed by atoms with Gasteiger partial charge in [0.05, 0.1) is 11.4 Å². The van der Waals surface area contributed by atoms with E-state index in [1.54, 1.807) is 7.05 Å². The summed E-state index contributed by atoms with van der Waals surface area (Å²) in [5.74, 6) is 0.572. The first kappa shape index (κ1) is 6.92. The predicted molar refractivity (Wildman–Crippen MR) is 38.8 cm³/mol. The molecule has 0 aliphatic heterocycles. The summed E-state index contributed by atoms with van der Waals surface area (Å²) in [6.07, 6.45) is 0. The van der Waals surface area contributed by atoms with Gasteiger partial charge in [0.25, 0.3) is 0 Å². The van der Waals surface area contributed by atoms with Crippen LogP contribution in [0.4, 0.5) is 5.95 Å². The van der Waals surface area contributed by atoms with E-state index in [0.29, 0.717) is 5.95 Å². The zero-order valence-corrected chi connectivity index (χ0v) is 6.34. The fraction of sp³-hybridized carbons (Fsp3) is 0.500. The number of aromatic nitrogens is 3. The second kappa shape index (κ2) is 2.60. The Balaban J connectivity index is 3.04. The topological polar surface area (TPSA) is 50.7 Å². The lowest BCUT2D eigenvalue weighted by Crippen LogP contribution is -2.01. The molecular weight excluding hydrogens is 128 g/mol. The van der Waals surface area contributed by atoms with Crippen LogP contribution in [0, 0.1) is 13.8 Å². The van der Waals surface area contributed by atoms with Gasteiger partial charge in [0.2, 0.25) is 5.95 Å². The Morgan fingerprint density at radius 2 is 1.80 bits per heavy atom. The predicted octanol–water partition coefficient (Wildman–Crippen LogP) is 0.530. The van der Waals surface area contributed by atoms with Gasteiger partial charge in [-0.1, -0.05) is 0 Å². The number of hydrogen-bond donors (Lipinski definition) is 1. The van der Waals surface area contributed by atoms with Gasteiger partial charge in [-0.25, -0.2) is 4.98 Å². The fourth-order valence-corrected chi connectivity index (χ4v) is 0.563. The van der Waals surface area contributed by atoms with E-state index in [9.17, 15) is 0 Å². The maximum absolute atomic E-state index is 4.11. The van der Waals surface area contributed by atoms with E-state index in [-0.39, 0.29) is 0 Å². The van der Waals surface area contributed by atoms with E-state index in [2.05, 4.69) is 20.5 Å². The second-order valence-electron chi connectivity index (χ2n) is 2.06. The minimum atomic E-state index is 0.572. The van der Waals surface area contributed by atoms with Crippen LogP contribution in [-0.2, 0) is 0 Å². The molecule has 0 amide bonds. The number of nitrogens with one attached hydrogen (secondary N) is 1. The molecule has 0 fully saturated rings. The molecule has 0 saturated carbocycles. The highest BCUT2D eigenvalue weighted by atomic mass is 15.2. The first-order chi connectivity index (χ1) is 4.74. The molecule has 54 valence electrons. The molecular formula is C6H10N4. The third kappa shape index (κ3) is 1.21. The summed E-state index contributed by atoms with van der Waals surface area (Å²) in [6, 6.07) is 0. The van der Waals surface area contributed by atoms with Crippen molar-refractivity contribution in [2.75, 3.05) is 12.4 Å². The van der Waals surface area contributed by atoms with Crippen molar-refractivity contribution in [1.29, 1.82) is 0 Å². The summed E-state index contributed by atoms with van der Waals surface area (Å²) in [5, 5.41) is 10.5. The van der Waals surface area contributed by atoms with Crippen molar-refractivity contribution in [3.63, 3.8) is 0 Å². The molecule has 10 heavy (non-hydrogen) atoms. The summed E-state index contributed by atoms with van der Waals surface area (Å²) >= 11 is 0. The van der Waals surface area contributed by atoms with E-state index >= 15 is 0 Å². The fourth-order valence-electron chi connectivity index (χ4n) is 0.563. The molecule has 1 rings (SSSR count). The number of aryl methyl sites for hydroxylation is 2. The van der Waals surface area contributed by atoms with Crippen LogP contribution in [-0.4, -0.2) is 22.2 Å². The van der Waals surface area contributed by atoms with Crippen molar-refractivity contribution < 1.29 is 0 Å². The number of rotatable bonds is 1. The van der Waals surface area contributed by atoms with Crippen LogP contribution in [0.1, 0.15) is 11.4 Å². The van der Waals surface area contributed by atoms with Crippen LogP contribution < -0.4 is 5.32 Å². The number of anilines is 1. The Bertz CT molecular complexity index is 233. The minimum absolute atomic E-state index is 0.572. The summed E-state index contributed by atoms with van der Waals surface area (Å²) < 4.78 is 0. The normalized spacial score (nSPS) is 9.50. The highest BCUT2D eigenvalue weighted by Gasteiger charge is 1.96. The van der Waals surface area contributed by atoms with E-state index in [4.69, 9.17) is 0 Å². The third-order valence-electron chi connectivity index (χ3n) is 1.32. The maximum atomic E-state index is 4.11. The summed E-state index contributed by atoms with van der Waals surface area (Å²) in [5.41, 5.74) is 1.79. The summed E-state index contributed by atoms with van der Waals surface area (Å²) in [6.45, 7) is 3.79. The Morgan fingerprint density at radius 1 is 1.10 bits per heavy atom. The van der Waals surface area contributed by atoms with Gasteiger partial charge in [0, 0.05) is 7.05 Å². The van der Waals surface area contributed by atoms with E-state index in [0.717, 1.165) is 11.4 Å². The molecule has 0 atom stereocenters. The molecule has 1 heterocycles. The van der Waals surface area contributed by atoms with Gasteiger partial charge in [-0.15, -0.1) is 5.10 Å². The van der Waals surface area contributed by atoms with Crippen LogP contribution in [0.3, 0.4) is 0 Å². The SMILES string of the molecule is CNc1nnc(C)c(C)n1. The van der Waals surface area contributed by atoms with Crippen LogP contribution in [0.2, 0.25) is 0 Å². The molecule has 0 saturated heterocycles. The molecule has 0 radical (unpaired) electrons. The van der Waals surface area contributed by atoms with E-state index in [1.165, 1.54) is 0 Å². The Labute approximate surface area is 59.7 Å². The van der Waals surface area contributed by atoms with Gasteiger partial charge >= 0.3 is 0 Å².